The van der Waals surface area contributed by atoms with E-state index in [-0.39, 0.29) is 11.7 Å². The molecule has 65 valence electrons. The SMILES string of the molecule is CNC(=O)c1ncc2s[c]nc2n1. The molecule has 1 amide bonds. The Morgan fingerprint density at radius 2 is 2.54 bits per heavy atom. The van der Waals surface area contributed by atoms with Crippen molar-refractivity contribution in [1.82, 2.24) is 20.3 Å². The summed E-state index contributed by atoms with van der Waals surface area (Å²) in [6, 6.07) is 0. The van der Waals surface area contributed by atoms with E-state index in [1.807, 2.05) is 0 Å². The largest absolute Gasteiger partial charge is 0.352 e. The van der Waals surface area contributed by atoms with Crippen molar-refractivity contribution < 1.29 is 4.79 Å². The van der Waals surface area contributed by atoms with Gasteiger partial charge >= 0.3 is 0 Å². The number of thiazole rings is 1. The van der Waals surface area contributed by atoms with E-state index in [1.54, 1.807) is 6.20 Å². The van der Waals surface area contributed by atoms with E-state index in [1.165, 1.54) is 18.4 Å². The standard InChI is InChI=1S/C7H5N4OS/c1-8-7(12)6-9-2-4-5(11-6)10-3-13-4/h2H,1H3,(H,8,12). The number of nitrogens with one attached hydrogen (secondary N) is 1. The molecule has 6 heteroatoms. The van der Waals surface area contributed by atoms with Gasteiger partial charge in [-0.05, 0) is 0 Å². The Balaban J connectivity index is 2.54. The zero-order valence-electron chi connectivity index (χ0n) is 6.74. The number of nitrogens with zero attached hydrogens (tertiary/aromatic N) is 3. The average Bonchev–Trinajstić information content (AvgIpc) is 2.63. The van der Waals surface area contributed by atoms with E-state index in [4.69, 9.17) is 0 Å². The lowest BCUT2D eigenvalue weighted by atomic mass is 10.5. The summed E-state index contributed by atoms with van der Waals surface area (Å²) in [4.78, 5) is 22.8. The Kier molecular flexibility index (Phi) is 1.90. The minimum Gasteiger partial charge on any atom is -0.352 e. The summed E-state index contributed by atoms with van der Waals surface area (Å²) < 4.78 is 0.827. The number of fused-ring (bicyclic) bond motifs is 1. The van der Waals surface area contributed by atoms with Crippen molar-refractivity contribution in [3.63, 3.8) is 0 Å². The second-order valence-electron chi connectivity index (χ2n) is 2.27. The third-order valence-electron chi connectivity index (χ3n) is 1.47. The molecule has 0 atom stereocenters. The smallest absolute Gasteiger partial charge is 0.288 e. The first-order chi connectivity index (χ1) is 6.31. The number of aromatic nitrogens is 3. The molecule has 0 fully saturated rings. The zero-order chi connectivity index (χ0) is 9.26. The van der Waals surface area contributed by atoms with E-state index < -0.39 is 0 Å². The number of amides is 1. The molecule has 13 heavy (non-hydrogen) atoms. The molecule has 0 unspecified atom stereocenters. The van der Waals surface area contributed by atoms with Crippen LogP contribution in [-0.4, -0.2) is 27.9 Å². The van der Waals surface area contributed by atoms with Crippen molar-refractivity contribution in [2.75, 3.05) is 7.05 Å². The van der Waals surface area contributed by atoms with Gasteiger partial charge in [0.1, 0.15) is 0 Å². The first kappa shape index (κ1) is 8.06. The van der Waals surface area contributed by atoms with Crippen LogP contribution in [0, 0.1) is 5.51 Å². The molecule has 1 N–H and O–H groups in total. The highest BCUT2D eigenvalue weighted by Crippen LogP contribution is 2.12. The van der Waals surface area contributed by atoms with Crippen LogP contribution in [0.1, 0.15) is 10.6 Å². The van der Waals surface area contributed by atoms with Crippen LogP contribution in [0.2, 0.25) is 0 Å². The molecule has 0 saturated heterocycles. The van der Waals surface area contributed by atoms with Crippen LogP contribution < -0.4 is 5.32 Å². The van der Waals surface area contributed by atoms with Gasteiger partial charge in [-0.15, -0.1) is 11.3 Å². The quantitative estimate of drug-likeness (QED) is 0.704. The molecule has 0 spiro atoms. The first-order valence-electron chi connectivity index (χ1n) is 3.53. The third-order valence-corrected chi connectivity index (χ3v) is 2.16. The fourth-order valence-electron chi connectivity index (χ4n) is 0.850. The molecule has 0 bridgehead atoms. The maximum atomic E-state index is 11.1. The summed E-state index contributed by atoms with van der Waals surface area (Å²) in [6.45, 7) is 0. The van der Waals surface area contributed by atoms with Crippen molar-refractivity contribution >= 4 is 27.6 Å². The summed E-state index contributed by atoms with van der Waals surface area (Å²) >= 11 is 1.32. The normalized spacial score (nSPS) is 10.2. The molecule has 2 rings (SSSR count). The molecular formula is C7H5N4OS. The molecule has 2 heterocycles. The van der Waals surface area contributed by atoms with E-state index in [0.717, 1.165) is 4.70 Å². The monoisotopic (exact) mass is 193 g/mol. The number of hydrogen-bond acceptors (Lipinski definition) is 5. The van der Waals surface area contributed by atoms with Gasteiger partial charge in [-0.1, -0.05) is 0 Å². The molecule has 2 aromatic rings. The van der Waals surface area contributed by atoms with Gasteiger partial charge in [0.05, 0.1) is 10.9 Å². The Hall–Kier alpha value is -1.56. The van der Waals surface area contributed by atoms with Gasteiger partial charge < -0.3 is 5.32 Å². The lowest BCUT2D eigenvalue weighted by Gasteiger charge is -1.95. The second kappa shape index (κ2) is 3.06. The molecule has 0 aromatic carbocycles. The van der Waals surface area contributed by atoms with Crippen LogP contribution in [0.3, 0.4) is 0 Å². The highest BCUT2D eigenvalue weighted by atomic mass is 32.1. The van der Waals surface area contributed by atoms with Gasteiger partial charge in [-0.25, -0.2) is 15.0 Å². The number of hydrogen-bond donors (Lipinski definition) is 1. The number of carbonyl (C=O) groups excluding carboxylic acids is 1. The molecule has 0 aliphatic heterocycles. The van der Waals surface area contributed by atoms with Gasteiger partial charge in [0.15, 0.2) is 11.2 Å². The fraction of sp³-hybridized carbons (Fsp3) is 0.143. The van der Waals surface area contributed by atoms with Crippen molar-refractivity contribution in [1.29, 1.82) is 0 Å². The predicted octanol–water partition coefficient (Wildman–Crippen LogP) is 0.246. The summed E-state index contributed by atoms with van der Waals surface area (Å²) in [7, 11) is 1.53. The van der Waals surface area contributed by atoms with E-state index >= 15 is 0 Å². The molecule has 0 saturated carbocycles. The van der Waals surface area contributed by atoms with Crippen molar-refractivity contribution in [2.45, 2.75) is 0 Å². The molecule has 1 radical (unpaired) electrons. The minimum atomic E-state index is -0.310. The van der Waals surface area contributed by atoms with Crippen LogP contribution in [-0.2, 0) is 0 Å². The maximum absolute atomic E-state index is 11.1. The predicted molar refractivity (Wildman–Crippen MR) is 47.4 cm³/mol. The Morgan fingerprint density at radius 3 is 3.31 bits per heavy atom. The minimum absolute atomic E-state index is 0.134. The van der Waals surface area contributed by atoms with Gasteiger partial charge in [-0.3, -0.25) is 4.79 Å². The first-order valence-corrected chi connectivity index (χ1v) is 4.34. The molecule has 0 aliphatic carbocycles. The van der Waals surface area contributed by atoms with Crippen molar-refractivity contribution in [2.24, 2.45) is 0 Å². The highest BCUT2D eigenvalue weighted by Gasteiger charge is 2.08. The Labute approximate surface area is 77.9 Å². The van der Waals surface area contributed by atoms with Gasteiger partial charge in [0.25, 0.3) is 5.91 Å². The highest BCUT2D eigenvalue weighted by molar-refractivity contribution is 7.16. The average molecular weight is 193 g/mol. The molecule has 2 aromatic heterocycles. The lowest BCUT2D eigenvalue weighted by molar-refractivity contribution is 0.0953. The van der Waals surface area contributed by atoms with Crippen LogP contribution in [0.15, 0.2) is 6.20 Å². The van der Waals surface area contributed by atoms with Crippen LogP contribution in [0.4, 0.5) is 0 Å². The van der Waals surface area contributed by atoms with Gasteiger partial charge in [0.2, 0.25) is 5.82 Å². The topological polar surface area (TPSA) is 67.8 Å². The van der Waals surface area contributed by atoms with Crippen LogP contribution >= 0.6 is 11.3 Å². The van der Waals surface area contributed by atoms with Crippen LogP contribution in [0.25, 0.3) is 10.3 Å². The van der Waals surface area contributed by atoms with E-state index in [9.17, 15) is 4.79 Å². The summed E-state index contributed by atoms with van der Waals surface area (Å²) in [5, 5.41) is 2.44. The van der Waals surface area contributed by atoms with Crippen molar-refractivity contribution in [3.8, 4) is 0 Å². The summed E-state index contributed by atoms with van der Waals surface area (Å²) in [5.74, 6) is -0.177. The maximum Gasteiger partial charge on any atom is 0.288 e. The molecule has 0 aliphatic rings. The fourth-order valence-corrected chi connectivity index (χ4v) is 1.37. The van der Waals surface area contributed by atoms with Gasteiger partial charge in [-0.2, -0.15) is 0 Å². The molecular weight excluding hydrogens is 188 g/mol. The number of rotatable bonds is 1. The van der Waals surface area contributed by atoms with E-state index in [2.05, 4.69) is 25.8 Å². The van der Waals surface area contributed by atoms with Crippen molar-refractivity contribution in [3.05, 3.63) is 17.5 Å². The third kappa shape index (κ3) is 1.35. The Morgan fingerprint density at radius 1 is 1.69 bits per heavy atom. The lowest BCUT2D eigenvalue weighted by Crippen LogP contribution is -2.20. The van der Waals surface area contributed by atoms with E-state index in [0.29, 0.717) is 5.65 Å². The molecule has 5 nitrogen and oxygen atoms in total. The summed E-state index contributed by atoms with van der Waals surface area (Å²) in [5.41, 5.74) is 3.19. The summed E-state index contributed by atoms with van der Waals surface area (Å²) in [6.07, 6.45) is 1.57. The van der Waals surface area contributed by atoms with Gasteiger partial charge in [0, 0.05) is 7.05 Å². The number of carbonyl (C=O) groups is 1. The Bertz CT molecular complexity index is 452. The van der Waals surface area contributed by atoms with Crippen LogP contribution in [0.5, 0.6) is 0 Å². The second-order valence-corrected chi connectivity index (χ2v) is 3.09. The zero-order valence-corrected chi connectivity index (χ0v) is 7.55.